The molecule has 0 aromatic carbocycles. The van der Waals surface area contributed by atoms with Gasteiger partial charge in [-0.15, -0.1) is 0 Å². The van der Waals surface area contributed by atoms with E-state index in [-0.39, 0.29) is 5.56 Å². The van der Waals surface area contributed by atoms with E-state index < -0.39 is 5.54 Å². The number of H-pyrrole nitrogens is 1. The second kappa shape index (κ2) is 8.08. The molecule has 0 aliphatic heterocycles. The van der Waals surface area contributed by atoms with Crippen molar-refractivity contribution in [3.63, 3.8) is 0 Å². The molecule has 0 fully saturated rings. The summed E-state index contributed by atoms with van der Waals surface area (Å²) in [7, 11) is 1.80. The maximum atomic E-state index is 11.5. The molecule has 1 heterocycles. The SMILES string of the molecule is CCCc1cc(=O)[nH]c(SCCCC(C)(C#N)NC)n1. The van der Waals surface area contributed by atoms with E-state index in [9.17, 15) is 4.79 Å². The zero-order valence-electron chi connectivity index (χ0n) is 12.3. The number of nitrogens with one attached hydrogen (secondary N) is 2. The Kier molecular flexibility index (Phi) is 6.76. The molecule has 0 bridgehead atoms. The van der Waals surface area contributed by atoms with Gasteiger partial charge in [-0.05, 0) is 33.2 Å². The molecule has 0 aliphatic rings. The van der Waals surface area contributed by atoms with Crippen LogP contribution in [-0.4, -0.2) is 28.3 Å². The summed E-state index contributed by atoms with van der Waals surface area (Å²) in [6.07, 6.45) is 3.45. The lowest BCUT2D eigenvalue weighted by Crippen LogP contribution is -2.37. The van der Waals surface area contributed by atoms with E-state index in [1.165, 1.54) is 11.8 Å². The fraction of sp³-hybridized carbons (Fsp3) is 0.643. The summed E-state index contributed by atoms with van der Waals surface area (Å²) in [6, 6.07) is 3.82. The van der Waals surface area contributed by atoms with Crippen molar-refractivity contribution in [2.24, 2.45) is 0 Å². The first-order chi connectivity index (χ1) is 9.53. The smallest absolute Gasteiger partial charge is 0.251 e. The van der Waals surface area contributed by atoms with Gasteiger partial charge in [0.15, 0.2) is 5.16 Å². The molecule has 1 aromatic rings. The van der Waals surface area contributed by atoms with Gasteiger partial charge >= 0.3 is 0 Å². The Morgan fingerprint density at radius 3 is 2.95 bits per heavy atom. The minimum absolute atomic E-state index is 0.0944. The first-order valence-electron chi connectivity index (χ1n) is 6.86. The minimum Gasteiger partial charge on any atom is -0.303 e. The van der Waals surface area contributed by atoms with Crippen molar-refractivity contribution in [2.75, 3.05) is 12.8 Å². The summed E-state index contributed by atoms with van der Waals surface area (Å²) in [5.41, 5.74) is 0.268. The fourth-order valence-corrected chi connectivity index (χ4v) is 2.60. The molecule has 0 aliphatic carbocycles. The van der Waals surface area contributed by atoms with E-state index in [4.69, 9.17) is 5.26 Å². The predicted octanol–water partition coefficient (Wildman–Crippen LogP) is 2.10. The Balaban J connectivity index is 2.50. The van der Waals surface area contributed by atoms with E-state index in [0.29, 0.717) is 5.16 Å². The van der Waals surface area contributed by atoms with Crippen molar-refractivity contribution in [3.05, 3.63) is 22.1 Å². The first kappa shape index (κ1) is 16.7. The summed E-state index contributed by atoms with van der Waals surface area (Å²) in [6.45, 7) is 3.95. The highest BCUT2D eigenvalue weighted by molar-refractivity contribution is 7.99. The number of nitrogens with zero attached hydrogens (tertiary/aromatic N) is 2. The van der Waals surface area contributed by atoms with E-state index >= 15 is 0 Å². The lowest BCUT2D eigenvalue weighted by atomic mass is 9.99. The van der Waals surface area contributed by atoms with Gasteiger partial charge in [0.1, 0.15) is 5.54 Å². The van der Waals surface area contributed by atoms with E-state index in [2.05, 4.69) is 28.3 Å². The van der Waals surface area contributed by atoms with Crippen LogP contribution in [0.15, 0.2) is 16.0 Å². The van der Waals surface area contributed by atoms with Gasteiger partial charge in [-0.25, -0.2) is 4.98 Å². The molecule has 1 aromatic heterocycles. The average molecular weight is 294 g/mol. The van der Waals surface area contributed by atoms with Gasteiger partial charge in [0, 0.05) is 17.5 Å². The summed E-state index contributed by atoms with van der Waals surface area (Å²) in [5, 5.41) is 12.7. The van der Waals surface area contributed by atoms with Gasteiger partial charge < -0.3 is 10.3 Å². The molecule has 0 amide bonds. The van der Waals surface area contributed by atoms with Gasteiger partial charge in [0.05, 0.1) is 6.07 Å². The number of nitriles is 1. The second-order valence-electron chi connectivity index (χ2n) is 4.94. The van der Waals surface area contributed by atoms with Crippen LogP contribution in [-0.2, 0) is 6.42 Å². The number of aryl methyl sites for hydroxylation is 1. The van der Waals surface area contributed by atoms with Crippen molar-refractivity contribution in [1.82, 2.24) is 15.3 Å². The lowest BCUT2D eigenvalue weighted by molar-refractivity contribution is 0.451. The molecule has 0 saturated carbocycles. The van der Waals surface area contributed by atoms with Crippen LogP contribution in [0.3, 0.4) is 0 Å². The molecular weight excluding hydrogens is 272 g/mol. The van der Waals surface area contributed by atoms with E-state index in [1.54, 1.807) is 13.1 Å². The Morgan fingerprint density at radius 1 is 1.60 bits per heavy atom. The van der Waals surface area contributed by atoms with Crippen LogP contribution in [0.4, 0.5) is 0 Å². The van der Waals surface area contributed by atoms with Crippen LogP contribution < -0.4 is 10.9 Å². The molecule has 0 spiro atoms. The highest BCUT2D eigenvalue weighted by Gasteiger charge is 2.20. The molecule has 1 rings (SSSR count). The van der Waals surface area contributed by atoms with Crippen molar-refractivity contribution in [2.45, 2.75) is 50.2 Å². The second-order valence-corrected chi connectivity index (χ2v) is 6.02. The van der Waals surface area contributed by atoms with Crippen LogP contribution in [0.25, 0.3) is 0 Å². The normalized spacial score (nSPS) is 13.7. The molecule has 1 unspecified atom stereocenters. The molecule has 0 radical (unpaired) electrons. The average Bonchev–Trinajstić information content (AvgIpc) is 2.43. The largest absolute Gasteiger partial charge is 0.303 e. The standard InChI is InChI=1S/C14H22N4OS/c1-4-6-11-9-12(19)18-13(17-11)20-8-5-7-14(2,10-15)16-3/h9,16H,4-8H2,1-3H3,(H,17,18,19). The van der Waals surface area contributed by atoms with Crippen LogP contribution in [0.2, 0.25) is 0 Å². The number of hydrogen-bond donors (Lipinski definition) is 2. The maximum absolute atomic E-state index is 11.5. The van der Waals surface area contributed by atoms with Crippen LogP contribution in [0.5, 0.6) is 0 Å². The number of hydrogen-bond acceptors (Lipinski definition) is 5. The Bertz CT molecular complexity index is 523. The highest BCUT2D eigenvalue weighted by Crippen LogP contribution is 2.17. The topological polar surface area (TPSA) is 81.6 Å². The molecule has 1 atom stereocenters. The third kappa shape index (κ3) is 5.35. The van der Waals surface area contributed by atoms with Gasteiger partial charge in [-0.1, -0.05) is 25.1 Å². The Hall–Kier alpha value is -1.32. The minimum atomic E-state index is -0.481. The van der Waals surface area contributed by atoms with Gasteiger partial charge in [-0.3, -0.25) is 4.79 Å². The third-order valence-electron chi connectivity index (χ3n) is 3.14. The van der Waals surface area contributed by atoms with Crippen molar-refractivity contribution in [3.8, 4) is 6.07 Å². The summed E-state index contributed by atoms with van der Waals surface area (Å²) in [5.74, 6) is 0.831. The van der Waals surface area contributed by atoms with Crippen molar-refractivity contribution in [1.29, 1.82) is 5.26 Å². The van der Waals surface area contributed by atoms with Crippen molar-refractivity contribution < 1.29 is 0 Å². The molecule has 110 valence electrons. The van der Waals surface area contributed by atoms with Crippen LogP contribution in [0, 0.1) is 11.3 Å². The number of rotatable bonds is 8. The van der Waals surface area contributed by atoms with Gasteiger partial charge in [0.2, 0.25) is 0 Å². The quantitative estimate of drug-likeness (QED) is 0.436. The highest BCUT2D eigenvalue weighted by atomic mass is 32.2. The first-order valence-corrected chi connectivity index (χ1v) is 7.84. The van der Waals surface area contributed by atoms with Crippen LogP contribution in [0.1, 0.15) is 38.8 Å². The van der Waals surface area contributed by atoms with Gasteiger partial charge in [0.25, 0.3) is 5.56 Å². The number of aromatic nitrogens is 2. The Labute approximate surface area is 124 Å². The lowest BCUT2D eigenvalue weighted by Gasteiger charge is -2.19. The maximum Gasteiger partial charge on any atom is 0.251 e. The molecule has 6 heteroatoms. The monoisotopic (exact) mass is 294 g/mol. The predicted molar refractivity (Wildman–Crippen MR) is 81.9 cm³/mol. The zero-order valence-corrected chi connectivity index (χ0v) is 13.1. The van der Waals surface area contributed by atoms with Crippen molar-refractivity contribution >= 4 is 11.8 Å². The van der Waals surface area contributed by atoms with Crippen LogP contribution >= 0.6 is 11.8 Å². The molecule has 20 heavy (non-hydrogen) atoms. The molecule has 5 nitrogen and oxygen atoms in total. The number of aromatic amines is 1. The summed E-state index contributed by atoms with van der Waals surface area (Å²) in [4.78, 5) is 18.7. The summed E-state index contributed by atoms with van der Waals surface area (Å²) < 4.78 is 0. The third-order valence-corrected chi connectivity index (χ3v) is 4.10. The Morgan fingerprint density at radius 2 is 2.35 bits per heavy atom. The number of thioether (sulfide) groups is 1. The molecule has 0 saturated heterocycles. The fourth-order valence-electron chi connectivity index (χ4n) is 1.77. The summed E-state index contributed by atoms with van der Waals surface area (Å²) >= 11 is 1.53. The van der Waals surface area contributed by atoms with E-state index in [0.717, 1.165) is 37.1 Å². The molecule has 2 N–H and O–H groups in total. The van der Waals surface area contributed by atoms with E-state index in [1.807, 2.05) is 6.92 Å². The zero-order chi connectivity index (χ0) is 15.0. The van der Waals surface area contributed by atoms with Gasteiger partial charge in [-0.2, -0.15) is 5.26 Å². The molecular formula is C14H22N4OS.